The van der Waals surface area contributed by atoms with Gasteiger partial charge in [-0.15, -0.1) is 19.0 Å². The molecule has 0 fully saturated rings. The second-order valence-electron chi connectivity index (χ2n) is 2.43. The van der Waals surface area contributed by atoms with Crippen LogP contribution in [0, 0.1) is 0 Å². The van der Waals surface area contributed by atoms with Crippen LogP contribution >= 0.6 is 44.3 Å². The standard InChI is InChI=1S/C9H9Br2N.ClH/c1-2-9(12)7-5-6(10)3-4-8(7)11;/h2-5,9H,1,12H2;1H/t9-;/m1./s1. The minimum Gasteiger partial charge on any atom is -0.321 e. The van der Waals surface area contributed by atoms with Crippen molar-refractivity contribution in [2.75, 3.05) is 0 Å². The Morgan fingerprint density at radius 2 is 2.00 bits per heavy atom. The molecule has 0 aliphatic carbocycles. The zero-order chi connectivity index (χ0) is 9.14. The zero-order valence-electron chi connectivity index (χ0n) is 6.84. The van der Waals surface area contributed by atoms with Crippen molar-refractivity contribution in [2.45, 2.75) is 6.04 Å². The first-order valence-electron chi connectivity index (χ1n) is 3.48. The molecule has 0 aromatic heterocycles. The van der Waals surface area contributed by atoms with Crippen LogP contribution in [0.1, 0.15) is 11.6 Å². The maximum Gasteiger partial charge on any atom is 0.0490 e. The number of halogens is 3. The van der Waals surface area contributed by atoms with Crippen molar-refractivity contribution in [3.8, 4) is 0 Å². The quantitative estimate of drug-likeness (QED) is 0.821. The monoisotopic (exact) mass is 325 g/mol. The Labute approximate surface area is 101 Å². The van der Waals surface area contributed by atoms with E-state index in [4.69, 9.17) is 5.73 Å². The summed E-state index contributed by atoms with van der Waals surface area (Å²) in [6, 6.07) is 5.79. The van der Waals surface area contributed by atoms with E-state index in [0.717, 1.165) is 14.5 Å². The van der Waals surface area contributed by atoms with Crippen LogP contribution in [0.3, 0.4) is 0 Å². The third-order valence-corrected chi connectivity index (χ3v) is 2.79. The number of nitrogens with two attached hydrogens (primary N) is 1. The molecular formula is C9H10Br2ClN. The number of benzene rings is 1. The van der Waals surface area contributed by atoms with Crippen molar-refractivity contribution in [3.05, 3.63) is 45.4 Å². The molecule has 0 spiro atoms. The van der Waals surface area contributed by atoms with Crippen LogP contribution in [-0.4, -0.2) is 0 Å². The van der Waals surface area contributed by atoms with Crippen molar-refractivity contribution in [2.24, 2.45) is 5.73 Å². The average molecular weight is 327 g/mol. The van der Waals surface area contributed by atoms with Gasteiger partial charge in [0.2, 0.25) is 0 Å². The van der Waals surface area contributed by atoms with Gasteiger partial charge in [0, 0.05) is 15.0 Å². The molecular weight excluding hydrogens is 317 g/mol. The van der Waals surface area contributed by atoms with Gasteiger partial charge >= 0.3 is 0 Å². The van der Waals surface area contributed by atoms with Crippen LogP contribution in [0.2, 0.25) is 0 Å². The highest BCUT2D eigenvalue weighted by molar-refractivity contribution is 9.11. The molecule has 0 amide bonds. The second-order valence-corrected chi connectivity index (χ2v) is 4.20. The SMILES string of the molecule is C=C[C@@H](N)c1cc(Br)ccc1Br.Cl. The molecule has 2 N–H and O–H groups in total. The lowest BCUT2D eigenvalue weighted by Crippen LogP contribution is -2.06. The summed E-state index contributed by atoms with van der Waals surface area (Å²) in [5.74, 6) is 0. The van der Waals surface area contributed by atoms with Gasteiger partial charge in [0.15, 0.2) is 0 Å². The van der Waals surface area contributed by atoms with E-state index in [1.54, 1.807) is 6.08 Å². The maximum absolute atomic E-state index is 5.80. The fourth-order valence-corrected chi connectivity index (χ4v) is 1.79. The topological polar surface area (TPSA) is 26.0 Å². The lowest BCUT2D eigenvalue weighted by molar-refractivity contribution is 0.907. The van der Waals surface area contributed by atoms with Crippen LogP contribution in [-0.2, 0) is 0 Å². The van der Waals surface area contributed by atoms with E-state index in [1.807, 2.05) is 18.2 Å². The van der Waals surface area contributed by atoms with Crippen molar-refractivity contribution in [1.82, 2.24) is 0 Å². The van der Waals surface area contributed by atoms with Gasteiger partial charge in [-0.2, -0.15) is 0 Å². The first kappa shape index (κ1) is 13.2. The van der Waals surface area contributed by atoms with Crippen LogP contribution in [0.25, 0.3) is 0 Å². The molecule has 0 aliphatic rings. The molecule has 1 aromatic rings. The first-order chi connectivity index (χ1) is 5.65. The van der Waals surface area contributed by atoms with Crippen molar-refractivity contribution in [3.63, 3.8) is 0 Å². The van der Waals surface area contributed by atoms with Gasteiger partial charge in [-0.1, -0.05) is 37.9 Å². The lowest BCUT2D eigenvalue weighted by Gasteiger charge is -2.09. The molecule has 1 nitrogen and oxygen atoms in total. The van der Waals surface area contributed by atoms with Gasteiger partial charge in [0.25, 0.3) is 0 Å². The Morgan fingerprint density at radius 3 is 2.54 bits per heavy atom. The van der Waals surface area contributed by atoms with E-state index in [2.05, 4.69) is 38.4 Å². The fourth-order valence-electron chi connectivity index (χ4n) is 0.897. The molecule has 0 unspecified atom stereocenters. The Hall–Kier alpha value is 0.170. The van der Waals surface area contributed by atoms with Crippen LogP contribution in [0.4, 0.5) is 0 Å². The number of hydrogen-bond acceptors (Lipinski definition) is 1. The molecule has 0 bridgehead atoms. The molecule has 0 heterocycles. The number of hydrogen-bond donors (Lipinski definition) is 1. The Kier molecular flexibility index (Phi) is 5.88. The predicted molar refractivity (Wildman–Crippen MR) is 66.2 cm³/mol. The van der Waals surface area contributed by atoms with E-state index in [-0.39, 0.29) is 18.4 Å². The van der Waals surface area contributed by atoms with Gasteiger partial charge in [-0.25, -0.2) is 0 Å². The van der Waals surface area contributed by atoms with Crippen molar-refractivity contribution >= 4 is 44.3 Å². The van der Waals surface area contributed by atoms with Gasteiger partial charge in [0.1, 0.15) is 0 Å². The van der Waals surface area contributed by atoms with E-state index in [1.165, 1.54) is 0 Å². The lowest BCUT2D eigenvalue weighted by atomic mass is 10.1. The predicted octanol–water partition coefficient (Wildman–Crippen LogP) is 3.82. The van der Waals surface area contributed by atoms with Crippen LogP contribution in [0.15, 0.2) is 39.8 Å². The molecule has 0 radical (unpaired) electrons. The van der Waals surface area contributed by atoms with Crippen molar-refractivity contribution in [1.29, 1.82) is 0 Å². The third-order valence-electron chi connectivity index (χ3n) is 1.57. The van der Waals surface area contributed by atoms with Gasteiger partial charge in [0.05, 0.1) is 0 Å². The average Bonchev–Trinajstić information content (AvgIpc) is 2.08. The summed E-state index contributed by atoms with van der Waals surface area (Å²) in [7, 11) is 0. The van der Waals surface area contributed by atoms with E-state index in [0.29, 0.717) is 0 Å². The Balaban J connectivity index is 0.00000144. The normalized spacial score (nSPS) is 11.6. The van der Waals surface area contributed by atoms with E-state index in [9.17, 15) is 0 Å². The molecule has 0 saturated carbocycles. The summed E-state index contributed by atoms with van der Waals surface area (Å²) in [6.45, 7) is 3.65. The minimum absolute atomic E-state index is 0. The molecule has 0 saturated heterocycles. The first-order valence-corrected chi connectivity index (χ1v) is 5.07. The summed E-state index contributed by atoms with van der Waals surface area (Å²) in [5, 5.41) is 0. The molecule has 1 rings (SSSR count). The molecule has 72 valence electrons. The maximum atomic E-state index is 5.80. The highest BCUT2D eigenvalue weighted by atomic mass is 79.9. The molecule has 1 aromatic carbocycles. The Morgan fingerprint density at radius 1 is 1.38 bits per heavy atom. The zero-order valence-corrected chi connectivity index (χ0v) is 10.8. The minimum atomic E-state index is -0.114. The summed E-state index contributed by atoms with van der Waals surface area (Å²) < 4.78 is 2.04. The molecule has 4 heteroatoms. The van der Waals surface area contributed by atoms with Gasteiger partial charge in [-0.05, 0) is 23.8 Å². The van der Waals surface area contributed by atoms with Gasteiger partial charge in [-0.3, -0.25) is 0 Å². The van der Waals surface area contributed by atoms with E-state index < -0.39 is 0 Å². The molecule has 0 aliphatic heterocycles. The largest absolute Gasteiger partial charge is 0.321 e. The molecule has 13 heavy (non-hydrogen) atoms. The molecule has 1 atom stereocenters. The second kappa shape index (κ2) is 5.81. The number of rotatable bonds is 2. The highest BCUT2D eigenvalue weighted by Crippen LogP contribution is 2.25. The summed E-state index contributed by atoms with van der Waals surface area (Å²) in [4.78, 5) is 0. The van der Waals surface area contributed by atoms with Crippen molar-refractivity contribution < 1.29 is 0 Å². The van der Waals surface area contributed by atoms with E-state index >= 15 is 0 Å². The van der Waals surface area contributed by atoms with Gasteiger partial charge < -0.3 is 5.73 Å². The highest BCUT2D eigenvalue weighted by Gasteiger charge is 2.05. The summed E-state index contributed by atoms with van der Waals surface area (Å²) >= 11 is 6.81. The van der Waals surface area contributed by atoms with Crippen LogP contribution in [0.5, 0.6) is 0 Å². The summed E-state index contributed by atoms with van der Waals surface area (Å²) in [5.41, 5.74) is 6.84. The fraction of sp³-hybridized carbons (Fsp3) is 0.111. The Bertz CT molecular complexity index is 302. The third kappa shape index (κ3) is 3.43. The van der Waals surface area contributed by atoms with Crippen LogP contribution < -0.4 is 5.73 Å². The summed E-state index contributed by atoms with van der Waals surface area (Å²) in [6.07, 6.45) is 1.71. The smallest absolute Gasteiger partial charge is 0.0490 e.